The van der Waals surface area contributed by atoms with Gasteiger partial charge in [-0.15, -0.1) is 0 Å². The molecule has 0 bridgehead atoms. The number of fused-ring (bicyclic) bond motifs is 12. The lowest BCUT2D eigenvalue weighted by Gasteiger charge is -2.52. The first-order valence-electron chi connectivity index (χ1n) is 29.6. The lowest BCUT2D eigenvalue weighted by molar-refractivity contribution is 0.195. The number of aromatic nitrogens is 1. The molecule has 79 heavy (non-hydrogen) atoms. The van der Waals surface area contributed by atoms with Crippen molar-refractivity contribution >= 4 is 62.4 Å². The summed E-state index contributed by atoms with van der Waals surface area (Å²) in [6, 6.07) is 67.2. The second-order valence-corrected chi connectivity index (χ2v) is 28.9. The first kappa shape index (κ1) is 50.2. The van der Waals surface area contributed by atoms with E-state index in [0.717, 1.165) is 17.8 Å². The average molecular weight is 1030 g/mol. The van der Waals surface area contributed by atoms with E-state index in [0.29, 0.717) is 0 Å². The molecular formula is C75H78BN3. The fraction of sp³-hybridized carbons (Fsp3) is 0.333. The Balaban J connectivity index is 1.19. The second kappa shape index (κ2) is 16.5. The van der Waals surface area contributed by atoms with Crippen LogP contribution in [0.2, 0.25) is 0 Å². The molecule has 3 aliphatic heterocycles. The molecule has 1 saturated carbocycles. The van der Waals surface area contributed by atoms with Gasteiger partial charge in [0, 0.05) is 55.9 Å². The Kier molecular flexibility index (Phi) is 10.5. The molecule has 4 heterocycles. The molecule has 9 aromatic rings. The van der Waals surface area contributed by atoms with Gasteiger partial charge in [-0.1, -0.05) is 230 Å². The second-order valence-electron chi connectivity index (χ2n) is 28.9. The highest BCUT2D eigenvalue weighted by atomic mass is 15.3. The standard InChI is InChI=1S/C75H78BN3/c1-69(2,3)47-31-35-53(36-32-47)77(54-37-33-48(34-38-54)70(4,5)6)55-45-62-65-63(46-55)79-68-59(73(13)39-23-24-40-74(73,79)14)42-52(72(10,11)12)44-61(68)76(65)60-43-51(71(7,8)9)41-57-64-67(78(62)66(57)60)56-29-21-22-30-58(56)75(64,49-25-17-15-18-26-49)50-27-19-16-20-28-50/h15-22,25-38,41-46H,23-24,39-40H2,1-14H3. The molecule has 1 fully saturated rings. The van der Waals surface area contributed by atoms with Crippen molar-refractivity contribution in [3.8, 4) is 16.9 Å². The van der Waals surface area contributed by atoms with Crippen LogP contribution >= 0.6 is 0 Å². The fourth-order valence-electron chi connectivity index (χ4n) is 15.7. The molecular weight excluding hydrogens is 954 g/mol. The summed E-state index contributed by atoms with van der Waals surface area (Å²) < 4.78 is 2.80. The highest BCUT2D eigenvalue weighted by Gasteiger charge is 2.62. The van der Waals surface area contributed by atoms with Crippen molar-refractivity contribution in [2.75, 3.05) is 9.80 Å². The van der Waals surface area contributed by atoms with E-state index in [4.69, 9.17) is 0 Å². The first-order chi connectivity index (χ1) is 37.5. The van der Waals surface area contributed by atoms with Crippen molar-refractivity contribution in [1.82, 2.24) is 4.57 Å². The SMILES string of the molecule is CC(C)(C)c1ccc(N(c2ccc(C(C)(C)C)cc2)c2cc3c4c(c2)-n2c5c(c6cc(C(C)(C)C)cc(c62)B4c2cc(C(C)(C)C)cc4c2N3C2(C)CCCCC42C)C(c2ccccc2)(c2ccccc2)c2ccccc2-5)cc1. The summed E-state index contributed by atoms with van der Waals surface area (Å²) in [5.74, 6) is 0. The number of benzene rings is 8. The molecule has 2 atom stereocenters. The van der Waals surface area contributed by atoms with Crippen LogP contribution in [-0.2, 0) is 32.5 Å². The van der Waals surface area contributed by atoms with E-state index in [1.165, 1.54) is 125 Å². The average Bonchev–Trinajstić information content (AvgIpc) is 3.51. The van der Waals surface area contributed by atoms with Crippen LogP contribution in [0.4, 0.5) is 28.4 Å². The highest BCUT2D eigenvalue weighted by Crippen LogP contribution is 2.64. The van der Waals surface area contributed by atoms with Gasteiger partial charge in [0.05, 0.1) is 22.3 Å². The van der Waals surface area contributed by atoms with Crippen LogP contribution < -0.4 is 26.2 Å². The molecule has 0 saturated heterocycles. The van der Waals surface area contributed by atoms with Gasteiger partial charge in [-0.25, -0.2) is 0 Å². The molecule has 0 amide bonds. The maximum absolute atomic E-state index is 2.94. The van der Waals surface area contributed by atoms with Crippen molar-refractivity contribution in [3.63, 3.8) is 0 Å². The zero-order chi connectivity index (χ0) is 55.1. The van der Waals surface area contributed by atoms with Crippen LogP contribution in [0, 0.1) is 0 Å². The molecule has 5 aliphatic rings. The van der Waals surface area contributed by atoms with E-state index in [1.54, 1.807) is 5.56 Å². The van der Waals surface area contributed by atoms with Gasteiger partial charge in [0.1, 0.15) is 0 Å². The van der Waals surface area contributed by atoms with Crippen molar-refractivity contribution in [3.05, 3.63) is 220 Å². The van der Waals surface area contributed by atoms with Crippen molar-refractivity contribution in [2.24, 2.45) is 0 Å². The summed E-state index contributed by atoms with van der Waals surface area (Å²) in [5.41, 5.74) is 27.3. The van der Waals surface area contributed by atoms with Gasteiger partial charge >= 0.3 is 0 Å². The molecule has 2 unspecified atom stereocenters. The normalized spacial score (nSPS) is 19.5. The lowest BCUT2D eigenvalue weighted by atomic mass is 9.33. The predicted molar refractivity (Wildman–Crippen MR) is 338 cm³/mol. The van der Waals surface area contributed by atoms with E-state index in [-0.39, 0.29) is 39.3 Å². The number of hydrogen-bond acceptors (Lipinski definition) is 2. The largest absolute Gasteiger partial charge is 0.335 e. The molecule has 0 spiro atoms. The van der Waals surface area contributed by atoms with Crippen LogP contribution in [0.25, 0.3) is 27.8 Å². The van der Waals surface area contributed by atoms with Crippen LogP contribution in [0.5, 0.6) is 0 Å². The Labute approximate surface area is 471 Å². The Hall–Kier alpha value is -7.04. The third-order valence-electron chi connectivity index (χ3n) is 20.2. The Morgan fingerprint density at radius 2 is 0.975 bits per heavy atom. The summed E-state index contributed by atoms with van der Waals surface area (Å²) in [5, 5.41) is 1.35. The van der Waals surface area contributed by atoms with Gasteiger partial charge in [-0.3, -0.25) is 0 Å². The van der Waals surface area contributed by atoms with Gasteiger partial charge < -0.3 is 14.4 Å². The summed E-state index contributed by atoms with van der Waals surface area (Å²) in [6.07, 6.45) is 4.77. The Morgan fingerprint density at radius 3 is 1.54 bits per heavy atom. The fourth-order valence-corrected chi connectivity index (χ4v) is 15.7. The van der Waals surface area contributed by atoms with Crippen molar-refractivity contribution in [2.45, 2.75) is 161 Å². The van der Waals surface area contributed by atoms with Gasteiger partial charge in [0.25, 0.3) is 6.71 Å². The lowest BCUT2D eigenvalue weighted by Crippen LogP contribution is -2.64. The molecule has 8 aromatic carbocycles. The van der Waals surface area contributed by atoms with Crippen LogP contribution in [0.15, 0.2) is 170 Å². The van der Waals surface area contributed by atoms with E-state index >= 15 is 0 Å². The summed E-state index contributed by atoms with van der Waals surface area (Å²) in [4.78, 5) is 5.52. The number of rotatable bonds is 5. The number of anilines is 5. The van der Waals surface area contributed by atoms with E-state index in [2.05, 4.69) is 281 Å². The molecule has 0 N–H and O–H groups in total. The summed E-state index contributed by atoms with van der Waals surface area (Å²) >= 11 is 0. The van der Waals surface area contributed by atoms with Crippen LogP contribution in [0.1, 0.15) is 173 Å². The van der Waals surface area contributed by atoms with Gasteiger partial charge in [0.2, 0.25) is 0 Å². The minimum Gasteiger partial charge on any atom is -0.335 e. The van der Waals surface area contributed by atoms with Crippen LogP contribution in [0.3, 0.4) is 0 Å². The number of nitrogens with zero attached hydrogens (tertiary/aromatic N) is 3. The zero-order valence-corrected chi connectivity index (χ0v) is 49.4. The monoisotopic (exact) mass is 1030 g/mol. The quantitative estimate of drug-likeness (QED) is 0.159. The molecule has 396 valence electrons. The van der Waals surface area contributed by atoms with Gasteiger partial charge in [-0.2, -0.15) is 0 Å². The first-order valence-corrected chi connectivity index (χ1v) is 29.6. The third kappa shape index (κ3) is 6.85. The molecule has 3 nitrogen and oxygen atoms in total. The predicted octanol–water partition coefficient (Wildman–Crippen LogP) is 17.5. The summed E-state index contributed by atoms with van der Waals surface area (Å²) in [6.45, 7) is 33.8. The number of hydrogen-bond donors (Lipinski definition) is 0. The van der Waals surface area contributed by atoms with Crippen LogP contribution in [-0.4, -0.2) is 16.8 Å². The zero-order valence-electron chi connectivity index (χ0n) is 49.4. The van der Waals surface area contributed by atoms with E-state index < -0.39 is 5.41 Å². The smallest absolute Gasteiger partial charge is 0.252 e. The van der Waals surface area contributed by atoms with E-state index in [9.17, 15) is 0 Å². The summed E-state index contributed by atoms with van der Waals surface area (Å²) in [7, 11) is 0. The topological polar surface area (TPSA) is 11.4 Å². The minimum atomic E-state index is -0.596. The molecule has 1 aromatic heterocycles. The van der Waals surface area contributed by atoms with Gasteiger partial charge in [0.15, 0.2) is 0 Å². The van der Waals surface area contributed by atoms with Gasteiger partial charge in [-0.05, 0) is 145 Å². The Morgan fingerprint density at radius 1 is 0.468 bits per heavy atom. The third-order valence-corrected chi connectivity index (χ3v) is 20.2. The molecule has 0 radical (unpaired) electrons. The van der Waals surface area contributed by atoms with Crippen molar-refractivity contribution in [1.29, 1.82) is 0 Å². The molecule has 14 rings (SSSR count). The molecule has 2 aliphatic carbocycles. The molecule has 4 heteroatoms. The maximum Gasteiger partial charge on any atom is 0.252 e. The maximum atomic E-state index is 2.94. The Bertz CT molecular complexity index is 3870. The van der Waals surface area contributed by atoms with Crippen molar-refractivity contribution < 1.29 is 0 Å². The highest BCUT2D eigenvalue weighted by molar-refractivity contribution is 7.00. The van der Waals surface area contributed by atoms with E-state index in [1.807, 2.05) is 0 Å². The minimum absolute atomic E-state index is 0.00490.